The molecule has 0 saturated carbocycles. The summed E-state index contributed by atoms with van der Waals surface area (Å²) < 4.78 is 0.905. The first-order valence-corrected chi connectivity index (χ1v) is 7.10. The number of hydrogen-bond donors (Lipinski definition) is 1. The van der Waals surface area contributed by atoms with Gasteiger partial charge in [-0.15, -0.1) is 0 Å². The van der Waals surface area contributed by atoms with Gasteiger partial charge in [0.15, 0.2) is 5.82 Å². The van der Waals surface area contributed by atoms with E-state index in [-0.39, 0.29) is 6.04 Å². The Morgan fingerprint density at radius 3 is 2.79 bits per heavy atom. The Morgan fingerprint density at radius 1 is 1.37 bits per heavy atom. The van der Waals surface area contributed by atoms with Crippen LogP contribution in [-0.2, 0) is 0 Å². The van der Waals surface area contributed by atoms with E-state index < -0.39 is 0 Å². The molecule has 0 aliphatic heterocycles. The highest BCUT2D eigenvalue weighted by Crippen LogP contribution is 2.24. The molecular weight excluding hydrogens is 304 g/mol. The molecule has 0 aliphatic rings. The zero-order chi connectivity index (χ0) is 13.8. The third-order valence-corrected chi connectivity index (χ3v) is 3.60. The number of pyridine rings is 1. The van der Waals surface area contributed by atoms with Crippen molar-refractivity contribution >= 4 is 15.9 Å². The molecule has 0 amide bonds. The maximum absolute atomic E-state index is 4.56. The van der Waals surface area contributed by atoms with Gasteiger partial charge in [-0.3, -0.25) is 4.98 Å². The summed E-state index contributed by atoms with van der Waals surface area (Å²) in [5.41, 5.74) is 2.88. The molecule has 2 heterocycles. The van der Waals surface area contributed by atoms with E-state index in [2.05, 4.69) is 50.0 Å². The summed E-state index contributed by atoms with van der Waals surface area (Å²) in [7, 11) is 0. The summed E-state index contributed by atoms with van der Waals surface area (Å²) in [5.74, 6) is 0.650. The molecule has 0 spiro atoms. The van der Waals surface area contributed by atoms with Crippen LogP contribution in [-0.4, -0.2) is 21.5 Å². The first-order valence-electron chi connectivity index (χ1n) is 6.31. The van der Waals surface area contributed by atoms with E-state index in [9.17, 15) is 0 Å². The Morgan fingerprint density at radius 2 is 2.16 bits per heavy atom. The van der Waals surface area contributed by atoms with Crippen LogP contribution in [0, 0.1) is 6.92 Å². The molecule has 2 aromatic heterocycles. The van der Waals surface area contributed by atoms with Crippen molar-refractivity contribution in [3.63, 3.8) is 0 Å². The van der Waals surface area contributed by atoms with Crippen molar-refractivity contribution < 1.29 is 0 Å². The van der Waals surface area contributed by atoms with Crippen LogP contribution in [0.15, 0.2) is 29.0 Å². The summed E-state index contributed by atoms with van der Waals surface area (Å²) in [6.07, 6.45) is 3.63. The minimum absolute atomic E-state index is 0.256. The number of aryl methyl sites for hydroxylation is 1. The average Bonchev–Trinajstić information content (AvgIpc) is 2.39. The van der Waals surface area contributed by atoms with Crippen LogP contribution in [0.4, 0.5) is 0 Å². The third kappa shape index (κ3) is 3.16. The highest BCUT2D eigenvalue weighted by atomic mass is 79.9. The molecule has 2 rings (SSSR count). The fourth-order valence-corrected chi connectivity index (χ4v) is 2.41. The lowest BCUT2D eigenvalue weighted by Gasteiger charge is -2.15. The van der Waals surface area contributed by atoms with Crippen LogP contribution in [0.3, 0.4) is 0 Å². The van der Waals surface area contributed by atoms with Gasteiger partial charge >= 0.3 is 0 Å². The van der Waals surface area contributed by atoms with Crippen molar-refractivity contribution in [2.45, 2.75) is 26.8 Å². The van der Waals surface area contributed by atoms with Crippen molar-refractivity contribution in [1.29, 1.82) is 0 Å². The smallest absolute Gasteiger partial charge is 0.179 e. The Bertz CT molecular complexity index is 571. The molecule has 1 N–H and O–H groups in total. The van der Waals surface area contributed by atoms with Gasteiger partial charge in [-0.25, -0.2) is 9.97 Å². The lowest BCUT2D eigenvalue weighted by atomic mass is 10.1. The SMILES string of the molecule is CCNC(C)c1cnc(-c2ncccc2Br)nc1C. The van der Waals surface area contributed by atoms with Gasteiger partial charge in [0.25, 0.3) is 0 Å². The van der Waals surface area contributed by atoms with Gasteiger partial charge in [-0.1, -0.05) is 6.92 Å². The Labute approximate surface area is 121 Å². The second kappa shape index (κ2) is 6.21. The minimum Gasteiger partial charge on any atom is -0.310 e. The van der Waals surface area contributed by atoms with Crippen molar-refractivity contribution in [1.82, 2.24) is 20.3 Å². The van der Waals surface area contributed by atoms with Crippen molar-refractivity contribution in [2.24, 2.45) is 0 Å². The predicted octanol–water partition coefficient (Wildman–Crippen LogP) is 3.28. The van der Waals surface area contributed by atoms with Gasteiger partial charge in [0.05, 0.1) is 0 Å². The number of nitrogens with zero attached hydrogens (tertiary/aromatic N) is 3. The standard InChI is InChI=1S/C14H17BrN4/c1-4-16-9(2)11-8-18-14(19-10(11)3)13-12(15)6-5-7-17-13/h5-9,16H,4H2,1-3H3. The molecule has 0 bridgehead atoms. The molecule has 0 fully saturated rings. The number of halogens is 1. The van der Waals surface area contributed by atoms with E-state index >= 15 is 0 Å². The number of hydrogen-bond acceptors (Lipinski definition) is 4. The zero-order valence-corrected chi connectivity index (χ0v) is 12.9. The van der Waals surface area contributed by atoms with Crippen LogP contribution in [0.5, 0.6) is 0 Å². The van der Waals surface area contributed by atoms with Crippen molar-refractivity contribution in [3.05, 3.63) is 40.3 Å². The average molecular weight is 321 g/mol. The molecule has 1 atom stereocenters. The molecule has 1 unspecified atom stereocenters. The maximum Gasteiger partial charge on any atom is 0.179 e. The molecule has 5 heteroatoms. The van der Waals surface area contributed by atoms with Crippen LogP contribution in [0.25, 0.3) is 11.5 Å². The molecule has 4 nitrogen and oxygen atoms in total. The second-order valence-corrected chi connectivity index (χ2v) is 5.20. The summed E-state index contributed by atoms with van der Waals surface area (Å²) >= 11 is 3.48. The summed E-state index contributed by atoms with van der Waals surface area (Å²) in [5, 5.41) is 3.37. The van der Waals surface area contributed by atoms with Gasteiger partial charge in [0.1, 0.15) is 5.69 Å². The first kappa shape index (κ1) is 14.1. The summed E-state index contributed by atoms with van der Waals surface area (Å²) in [6, 6.07) is 4.07. The molecular formula is C14H17BrN4. The maximum atomic E-state index is 4.56. The normalized spacial score (nSPS) is 12.4. The van der Waals surface area contributed by atoms with Gasteiger partial charge < -0.3 is 5.32 Å². The van der Waals surface area contributed by atoms with Crippen LogP contribution in [0.2, 0.25) is 0 Å². The van der Waals surface area contributed by atoms with Gasteiger partial charge in [0, 0.05) is 34.2 Å². The molecule has 0 aromatic carbocycles. The number of aromatic nitrogens is 3. The third-order valence-electron chi connectivity index (χ3n) is 2.96. The monoisotopic (exact) mass is 320 g/mol. The van der Waals surface area contributed by atoms with E-state index in [0.29, 0.717) is 5.82 Å². The van der Waals surface area contributed by atoms with Crippen LogP contribution < -0.4 is 5.32 Å². The fraction of sp³-hybridized carbons (Fsp3) is 0.357. The van der Waals surface area contributed by atoms with E-state index in [1.54, 1.807) is 6.20 Å². The minimum atomic E-state index is 0.256. The molecule has 0 saturated heterocycles. The molecule has 2 aromatic rings. The molecule has 0 radical (unpaired) electrons. The van der Waals surface area contributed by atoms with Gasteiger partial charge in [-0.05, 0) is 48.5 Å². The van der Waals surface area contributed by atoms with Crippen LogP contribution in [0.1, 0.15) is 31.1 Å². The summed E-state index contributed by atoms with van der Waals surface area (Å²) in [6.45, 7) is 7.14. The second-order valence-electron chi connectivity index (χ2n) is 4.35. The number of rotatable bonds is 4. The molecule has 0 aliphatic carbocycles. The zero-order valence-electron chi connectivity index (χ0n) is 11.3. The van der Waals surface area contributed by atoms with E-state index in [1.165, 1.54) is 0 Å². The number of nitrogens with one attached hydrogen (secondary N) is 1. The van der Waals surface area contributed by atoms with Crippen LogP contribution >= 0.6 is 15.9 Å². The quantitative estimate of drug-likeness (QED) is 0.939. The Kier molecular flexibility index (Phi) is 4.61. The fourth-order valence-electron chi connectivity index (χ4n) is 1.98. The lowest BCUT2D eigenvalue weighted by Crippen LogP contribution is -2.19. The van der Waals surface area contributed by atoms with Gasteiger partial charge in [0.2, 0.25) is 0 Å². The summed E-state index contributed by atoms with van der Waals surface area (Å²) in [4.78, 5) is 13.3. The van der Waals surface area contributed by atoms with E-state index in [0.717, 1.165) is 28.0 Å². The topological polar surface area (TPSA) is 50.7 Å². The van der Waals surface area contributed by atoms with Gasteiger partial charge in [-0.2, -0.15) is 0 Å². The lowest BCUT2D eigenvalue weighted by molar-refractivity contribution is 0.590. The van der Waals surface area contributed by atoms with E-state index in [1.807, 2.05) is 25.3 Å². The first-order chi connectivity index (χ1) is 9.13. The Balaban J connectivity index is 2.37. The molecule has 19 heavy (non-hydrogen) atoms. The van der Waals surface area contributed by atoms with E-state index in [4.69, 9.17) is 0 Å². The Hall–Kier alpha value is -1.33. The highest BCUT2D eigenvalue weighted by molar-refractivity contribution is 9.10. The highest BCUT2D eigenvalue weighted by Gasteiger charge is 2.12. The van der Waals surface area contributed by atoms with Crippen molar-refractivity contribution in [2.75, 3.05) is 6.54 Å². The largest absolute Gasteiger partial charge is 0.310 e. The predicted molar refractivity (Wildman–Crippen MR) is 79.8 cm³/mol. The van der Waals surface area contributed by atoms with Crippen molar-refractivity contribution in [3.8, 4) is 11.5 Å². The molecule has 100 valence electrons.